The van der Waals surface area contributed by atoms with E-state index in [1.807, 2.05) is 19.9 Å². The molecule has 5 rings (SSSR count). The average molecular weight is 541 g/mol. The van der Waals surface area contributed by atoms with Crippen LogP contribution in [-0.2, 0) is 9.53 Å². The number of aryl methyl sites for hydroxylation is 1. The van der Waals surface area contributed by atoms with Gasteiger partial charge in [0.1, 0.15) is 11.3 Å². The SMILES string of the molecule is CCCCOC(=O)c1ccc(N2C(=O)c3oc4ccc(C)cc4c(=O)c3C2c2ccc(OCC(N)=O)cc2)cc1. The first-order valence-corrected chi connectivity index (χ1v) is 13.0. The van der Waals surface area contributed by atoms with Gasteiger partial charge < -0.3 is 19.6 Å². The Morgan fingerprint density at radius 1 is 1.00 bits per heavy atom. The van der Waals surface area contributed by atoms with E-state index in [9.17, 15) is 19.2 Å². The van der Waals surface area contributed by atoms with Gasteiger partial charge in [-0.15, -0.1) is 0 Å². The van der Waals surface area contributed by atoms with Gasteiger partial charge in [0.2, 0.25) is 5.76 Å². The second-order valence-electron chi connectivity index (χ2n) is 9.61. The number of ether oxygens (including phenoxy) is 2. The van der Waals surface area contributed by atoms with Crippen molar-refractivity contribution in [3.8, 4) is 5.75 Å². The number of hydrogen-bond acceptors (Lipinski definition) is 7. The molecule has 0 saturated heterocycles. The van der Waals surface area contributed by atoms with Crippen LogP contribution >= 0.6 is 0 Å². The van der Waals surface area contributed by atoms with Crippen LogP contribution in [0.1, 0.15) is 63.4 Å². The molecular formula is C31H28N2O7. The number of carbonyl (C=O) groups is 3. The van der Waals surface area contributed by atoms with Crippen LogP contribution in [-0.4, -0.2) is 31.0 Å². The molecule has 0 fully saturated rings. The molecule has 2 amide bonds. The Labute approximate surface area is 230 Å². The van der Waals surface area contributed by atoms with Crippen molar-refractivity contribution in [2.75, 3.05) is 18.1 Å². The standard InChI is InChI=1S/C31H28N2O7/c1-3-4-15-38-31(37)20-6-10-21(11-7-20)33-27(19-8-12-22(13-9-19)39-17-25(32)34)26-28(35)23-16-18(2)5-14-24(23)40-29(26)30(33)36/h5-14,16,27H,3-4,15,17H2,1-2H3,(H2,32,34). The van der Waals surface area contributed by atoms with Crippen molar-refractivity contribution >= 4 is 34.4 Å². The molecule has 1 atom stereocenters. The molecule has 0 radical (unpaired) electrons. The minimum atomic E-state index is -0.809. The summed E-state index contributed by atoms with van der Waals surface area (Å²) in [5.41, 5.74) is 7.75. The van der Waals surface area contributed by atoms with E-state index >= 15 is 0 Å². The molecule has 0 bridgehead atoms. The number of anilines is 1. The van der Waals surface area contributed by atoms with Crippen LogP contribution in [0.2, 0.25) is 0 Å². The van der Waals surface area contributed by atoms with E-state index in [1.54, 1.807) is 60.7 Å². The van der Waals surface area contributed by atoms with E-state index in [2.05, 4.69) is 0 Å². The zero-order chi connectivity index (χ0) is 28.4. The van der Waals surface area contributed by atoms with Gasteiger partial charge in [-0.1, -0.05) is 37.1 Å². The number of primary amides is 1. The fraction of sp³-hybridized carbons (Fsp3) is 0.226. The molecule has 40 heavy (non-hydrogen) atoms. The van der Waals surface area contributed by atoms with E-state index in [-0.39, 0.29) is 23.4 Å². The van der Waals surface area contributed by atoms with Crippen LogP contribution in [0.5, 0.6) is 5.75 Å². The van der Waals surface area contributed by atoms with Crippen molar-refractivity contribution in [1.29, 1.82) is 0 Å². The molecule has 1 unspecified atom stereocenters. The Bertz CT molecular complexity index is 1660. The highest BCUT2D eigenvalue weighted by atomic mass is 16.5. The number of fused-ring (bicyclic) bond motifs is 2. The maximum atomic E-state index is 13.8. The van der Waals surface area contributed by atoms with Crippen molar-refractivity contribution < 1.29 is 28.3 Å². The molecule has 1 aliphatic heterocycles. The quantitative estimate of drug-likeness (QED) is 0.241. The summed E-state index contributed by atoms with van der Waals surface area (Å²) in [6, 6.07) is 17.6. The number of rotatable bonds is 9. The molecule has 0 spiro atoms. The first-order valence-electron chi connectivity index (χ1n) is 13.0. The lowest BCUT2D eigenvalue weighted by molar-refractivity contribution is -0.119. The summed E-state index contributed by atoms with van der Waals surface area (Å²) in [4.78, 5) is 52.6. The van der Waals surface area contributed by atoms with Crippen LogP contribution in [0.3, 0.4) is 0 Å². The Morgan fingerprint density at radius 2 is 1.73 bits per heavy atom. The number of unbranched alkanes of at least 4 members (excludes halogenated alkanes) is 1. The lowest BCUT2D eigenvalue weighted by Crippen LogP contribution is -2.29. The Kier molecular flexibility index (Phi) is 7.37. The van der Waals surface area contributed by atoms with Crippen LogP contribution in [0.25, 0.3) is 11.0 Å². The summed E-state index contributed by atoms with van der Waals surface area (Å²) < 4.78 is 16.7. The number of nitrogens with two attached hydrogens (primary N) is 1. The Morgan fingerprint density at radius 3 is 2.40 bits per heavy atom. The first kappa shape index (κ1) is 26.7. The van der Waals surface area contributed by atoms with E-state index in [0.717, 1.165) is 18.4 Å². The number of hydrogen-bond donors (Lipinski definition) is 1. The second-order valence-corrected chi connectivity index (χ2v) is 9.61. The molecule has 9 heteroatoms. The van der Waals surface area contributed by atoms with Gasteiger partial charge in [0.05, 0.1) is 29.2 Å². The smallest absolute Gasteiger partial charge is 0.338 e. The normalized spacial score (nSPS) is 14.3. The highest BCUT2D eigenvalue weighted by Crippen LogP contribution is 2.41. The van der Waals surface area contributed by atoms with E-state index in [4.69, 9.17) is 19.6 Å². The fourth-order valence-electron chi connectivity index (χ4n) is 4.72. The minimum absolute atomic E-state index is 0.0385. The number of nitrogens with zero attached hydrogens (tertiary/aromatic N) is 1. The van der Waals surface area contributed by atoms with Crippen LogP contribution in [0.4, 0.5) is 5.69 Å². The largest absolute Gasteiger partial charge is 0.484 e. The molecule has 3 aromatic carbocycles. The maximum Gasteiger partial charge on any atom is 0.338 e. The molecule has 2 N–H and O–H groups in total. The summed E-state index contributed by atoms with van der Waals surface area (Å²) in [5.74, 6) is -1.17. The molecule has 9 nitrogen and oxygen atoms in total. The number of amides is 2. The average Bonchev–Trinajstić information content (AvgIpc) is 3.25. The van der Waals surface area contributed by atoms with Crippen LogP contribution in [0, 0.1) is 6.92 Å². The summed E-state index contributed by atoms with van der Waals surface area (Å²) in [6.07, 6.45) is 1.68. The minimum Gasteiger partial charge on any atom is -0.484 e. The van der Waals surface area contributed by atoms with E-state index in [1.165, 1.54) is 4.90 Å². The molecule has 1 aliphatic rings. The molecule has 0 saturated carbocycles. The van der Waals surface area contributed by atoms with Gasteiger partial charge in [0.15, 0.2) is 12.0 Å². The fourth-order valence-corrected chi connectivity index (χ4v) is 4.72. The number of carbonyl (C=O) groups excluding carboxylic acids is 3. The van der Waals surface area contributed by atoms with Crippen molar-refractivity contribution in [1.82, 2.24) is 0 Å². The van der Waals surface area contributed by atoms with Crippen molar-refractivity contribution in [3.63, 3.8) is 0 Å². The third kappa shape index (κ3) is 5.05. The van der Waals surface area contributed by atoms with Gasteiger partial charge in [-0.2, -0.15) is 0 Å². The van der Waals surface area contributed by atoms with Crippen molar-refractivity contribution in [2.24, 2.45) is 5.73 Å². The zero-order valence-electron chi connectivity index (χ0n) is 22.1. The first-order chi connectivity index (χ1) is 19.3. The predicted molar refractivity (Wildman–Crippen MR) is 149 cm³/mol. The van der Waals surface area contributed by atoms with E-state index in [0.29, 0.717) is 40.1 Å². The lowest BCUT2D eigenvalue weighted by atomic mass is 9.97. The molecule has 0 aliphatic carbocycles. The van der Waals surface area contributed by atoms with Gasteiger partial charge in [0, 0.05) is 5.69 Å². The number of benzene rings is 3. The summed E-state index contributed by atoms with van der Waals surface area (Å²) in [7, 11) is 0. The van der Waals surface area contributed by atoms with Crippen molar-refractivity contribution in [2.45, 2.75) is 32.7 Å². The molecule has 204 valence electrons. The highest BCUT2D eigenvalue weighted by Gasteiger charge is 2.43. The Hall–Kier alpha value is -4.92. The van der Waals surface area contributed by atoms with Crippen LogP contribution in [0.15, 0.2) is 75.9 Å². The monoisotopic (exact) mass is 540 g/mol. The van der Waals surface area contributed by atoms with Gasteiger partial charge in [-0.25, -0.2) is 4.79 Å². The number of esters is 1. The van der Waals surface area contributed by atoms with E-state index < -0.39 is 23.8 Å². The highest BCUT2D eigenvalue weighted by molar-refractivity contribution is 6.10. The Balaban J connectivity index is 1.58. The van der Waals surface area contributed by atoms with Crippen molar-refractivity contribution in [3.05, 3.63) is 105 Å². The maximum absolute atomic E-state index is 13.8. The van der Waals surface area contributed by atoms with Gasteiger partial charge in [-0.05, 0) is 67.4 Å². The summed E-state index contributed by atoms with van der Waals surface area (Å²) in [5, 5.41) is 0.380. The topological polar surface area (TPSA) is 129 Å². The third-order valence-corrected chi connectivity index (χ3v) is 6.71. The van der Waals surface area contributed by atoms with Gasteiger partial charge >= 0.3 is 5.97 Å². The zero-order valence-corrected chi connectivity index (χ0v) is 22.1. The third-order valence-electron chi connectivity index (χ3n) is 6.71. The van der Waals surface area contributed by atoms with Gasteiger partial charge in [0.25, 0.3) is 11.8 Å². The van der Waals surface area contributed by atoms with Crippen LogP contribution < -0.4 is 20.8 Å². The molecule has 2 heterocycles. The second kappa shape index (κ2) is 11.1. The molecule has 4 aromatic rings. The lowest BCUT2D eigenvalue weighted by Gasteiger charge is -2.25. The summed E-state index contributed by atoms with van der Waals surface area (Å²) in [6.45, 7) is 3.94. The summed E-state index contributed by atoms with van der Waals surface area (Å²) >= 11 is 0. The van der Waals surface area contributed by atoms with Gasteiger partial charge in [-0.3, -0.25) is 19.3 Å². The molecular weight excluding hydrogens is 512 g/mol. The predicted octanol–water partition coefficient (Wildman–Crippen LogP) is 4.67. The molecule has 1 aromatic heterocycles.